The number of esters is 1. The van der Waals surface area contributed by atoms with E-state index in [1.54, 1.807) is 13.8 Å². The van der Waals surface area contributed by atoms with Crippen molar-refractivity contribution in [2.45, 2.75) is 13.8 Å². The first-order valence-electron chi connectivity index (χ1n) is 8.02. The number of nitro benzene ring substituents is 1. The lowest BCUT2D eigenvalue weighted by Crippen LogP contribution is -2.35. The van der Waals surface area contributed by atoms with Crippen LogP contribution in [0.4, 0.5) is 11.4 Å². The van der Waals surface area contributed by atoms with E-state index < -0.39 is 17.5 Å². The molecule has 0 aliphatic rings. The number of likely N-dealkylation sites (N-methyl/N-ethyl adjacent to an activating group) is 1. The van der Waals surface area contributed by atoms with Gasteiger partial charge in [-0.3, -0.25) is 14.9 Å². The highest BCUT2D eigenvalue weighted by molar-refractivity contribution is 5.97. The van der Waals surface area contributed by atoms with E-state index in [1.165, 1.54) is 17.0 Å². The Bertz CT molecular complexity index is 689. The summed E-state index contributed by atoms with van der Waals surface area (Å²) in [6.45, 7) is 7.59. The van der Waals surface area contributed by atoms with Crippen LogP contribution in [0.2, 0.25) is 0 Å². The minimum Gasteiger partial charge on any atom is -0.452 e. The van der Waals surface area contributed by atoms with Gasteiger partial charge in [0, 0.05) is 37.5 Å². The lowest BCUT2D eigenvalue weighted by molar-refractivity contribution is -0.384. The van der Waals surface area contributed by atoms with Crippen LogP contribution in [-0.4, -0.2) is 59.7 Å². The summed E-state index contributed by atoms with van der Waals surface area (Å²) in [7, 11) is 0. The van der Waals surface area contributed by atoms with Crippen molar-refractivity contribution in [3.05, 3.63) is 46.0 Å². The van der Waals surface area contributed by atoms with Gasteiger partial charge in [-0.15, -0.1) is 0 Å². The Morgan fingerprint density at radius 3 is 2.65 bits per heavy atom. The van der Waals surface area contributed by atoms with Gasteiger partial charge in [-0.25, -0.2) is 4.79 Å². The lowest BCUT2D eigenvalue weighted by atomic mass is 10.1. The molecule has 0 unspecified atom stereocenters. The largest absolute Gasteiger partial charge is 0.452 e. The van der Waals surface area contributed by atoms with Crippen LogP contribution in [-0.2, 0) is 9.53 Å². The number of hydrogen-bond donors (Lipinski definition) is 2. The summed E-state index contributed by atoms with van der Waals surface area (Å²) in [5.41, 5.74) is 0.704. The standard InChI is InChI=1S/C17H23N3O6/c1-4-19(10-12(2)3)16(22)11-26-17(23)14-9-13(20(24)25)5-6-15(14)18-7-8-21/h5-6,9,18,21H,2,4,7-8,10-11H2,1,3H3. The number of nitrogens with one attached hydrogen (secondary N) is 1. The van der Waals surface area contributed by atoms with Gasteiger partial charge in [0.1, 0.15) is 0 Å². The maximum Gasteiger partial charge on any atom is 0.341 e. The number of carbonyl (C=O) groups is 2. The highest BCUT2D eigenvalue weighted by Gasteiger charge is 2.20. The van der Waals surface area contributed by atoms with Crippen molar-refractivity contribution in [1.82, 2.24) is 4.90 Å². The summed E-state index contributed by atoms with van der Waals surface area (Å²) < 4.78 is 5.02. The lowest BCUT2D eigenvalue weighted by Gasteiger charge is -2.20. The summed E-state index contributed by atoms with van der Waals surface area (Å²) in [5.74, 6) is -1.26. The average Bonchev–Trinajstić information content (AvgIpc) is 2.61. The van der Waals surface area contributed by atoms with Crippen molar-refractivity contribution in [3.63, 3.8) is 0 Å². The zero-order valence-electron chi connectivity index (χ0n) is 14.9. The minimum atomic E-state index is -0.867. The molecule has 1 rings (SSSR count). The third-order valence-electron chi connectivity index (χ3n) is 3.38. The molecule has 0 spiro atoms. The third-order valence-corrected chi connectivity index (χ3v) is 3.38. The van der Waals surface area contributed by atoms with Gasteiger partial charge in [-0.05, 0) is 19.9 Å². The number of nitrogens with zero attached hydrogens (tertiary/aromatic N) is 2. The van der Waals surface area contributed by atoms with Crippen LogP contribution in [0.1, 0.15) is 24.2 Å². The quantitative estimate of drug-likeness (QED) is 0.279. The molecule has 2 N–H and O–H groups in total. The van der Waals surface area contributed by atoms with Gasteiger partial charge in [0.05, 0.1) is 17.1 Å². The average molecular weight is 365 g/mol. The smallest absolute Gasteiger partial charge is 0.341 e. The molecule has 142 valence electrons. The molecule has 0 radical (unpaired) electrons. The second-order valence-corrected chi connectivity index (χ2v) is 5.58. The Kier molecular flexibility index (Phi) is 8.23. The predicted molar refractivity (Wildman–Crippen MR) is 96.0 cm³/mol. The number of aliphatic hydroxyl groups excluding tert-OH is 1. The minimum absolute atomic E-state index is 0.0802. The van der Waals surface area contributed by atoms with Gasteiger partial charge in [0.15, 0.2) is 6.61 Å². The van der Waals surface area contributed by atoms with Crippen LogP contribution in [0, 0.1) is 10.1 Å². The van der Waals surface area contributed by atoms with E-state index in [2.05, 4.69) is 11.9 Å². The molecule has 0 bridgehead atoms. The molecule has 0 fully saturated rings. The molecule has 1 aromatic rings. The number of rotatable bonds is 10. The molecule has 26 heavy (non-hydrogen) atoms. The van der Waals surface area contributed by atoms with E-state index >= 15 is 0 Å². The summed E-state index contributed by atoms with van der Waals surface area (Å²) in [4.78, 5) is 36.2. The number of non-ortho nitro benzene ring substituents is 1. The molecule has 0 saturated carbocycles. The summed E-state index contributed by atoms with van der Waals surface area (Å²) in [6.07, 6.45) is 0. The third kappa shape index (κ3) is 6.17. The van der Waals surface area contributed by atoms with E-state index in [0.717, 1.165) is 11.6 Å². The molecule has 9 heteroatoms. The number of ether oxygens (including phenoxy) is 1. The van der Waals surface area contributed by atoms with Crippen LogP contribution < -0.4 is 5.32 Å². The Balaban J connectivity index is 2.90. The maximum atomic E-state index is 12.3. The van der Waals surface area contributed by atoms with E-state index in [-0.39, 0.29) is 36.0 Å². The zero-order chi connectivity index (χ0) is 19.7. The fraction of sp³-hybridized carbons (Fsp3) is 0.412. The normalized spacial score (nSPS) is 10.1. The highest BCUT2D eigenvalue weighted by Crippen LogP contribution is 2.23. The van der Waals surface area contributed by atoms with Crippen LogP contribution in [0.15, 0.2) is 30.4 Å². The molecule has 0 saturated heterocycles. The second kappa shape index (κ2) is 10.1. The SMILES string of the molecule is C=C(C)CN(CC)C(=O)COC(=O)c1cc([N+](=O)[O-])ccc1NCCO. The first-order valence-corrected chi connectivity index (χ1v) is 8.02. The summed E-state index contributed by atoms with van der Waals surface area (Å²) in [6, 6.07) is 3.65. The molecular weight excluding hydrogens is 342 g/mol. The van der Waals surface area contributed by atoms with Crippen molar-refractivity contribution in [2.24, 2.45) is 0 Å². The Morgan fingerprint density at radius 1 is 1.42 bits per heavy atom. The molecular formula is C17H23N3O6. The molecule has 1 aromatic carbocycles. The Morgan fingerprint density at radius 2 is 2.12 bits per heavy atom. The highest BCUT2D eigenvalue weighted by atomic mass is 16.6. The van der Waals surface area contributed by atoms with Crippen molar-refractivity contribution in [3.8, 4) is 0 Å². The molecule has 0 heterocycles. The van der Waals surface area contributed by atoms with Gasteiger partial charge in [0.25, 0.3) is 11.6 Å². The monoisotopic (exact) mass is 365 g/mol. The van der Waals surface area contributed by atoms with Crippen LogP contribution in [0.3, 0.4) is 0 Å². The van der Waals surface area contributed by atoms with Gasteiger partial charge in [0.2, 0.25) is 0 Å². The number of carbonyl (C=O) groups excluding carboxylic acids is 2. The zero-order valence-corrected chi connectivity index (χ0v) is 14.9. The molecule has 0 atom stereocenters. The van der Waals surface area contributed by atoms with Crippen LogP contribution >= 0.6 is 0 Å². The number of hydrogen-bond acceptors (Lipinski definition) is 7. The summed E-state index contributed by atoms with van der Waals surface area (Å²) in [5, 5.41) is 22.6. The van der Waals surface area contributed by atoms with Gasteiger partial charge < -0.3 is 20.1 Å². The Labute approximate surface area is 151 Å². The topological polar surface area (TPSA) is 122 Å². The molecule has 0 aromatic heterocycles. The van der Waals surface area contributed by atoms with E-state index in [9.17, 15) is 19.7 Å². The van der Waals surface area contributed by atoms with Crippen molar-refractivity contribution in [2.75, 3.05) is 38.2 Å². The second-order valence-electron chi connectivity index (χ2n) is 5.58. The molecule has 1 amide bonds. The maximum absolute atomic E-state index is 12.3. The first-order chi connectivity index (χ1) is 12.3. The van der Waals surface area contributed by atoms with E-state index in [4.69, 9.17) is 9.84 Å². The van der Waals surface area contributed by atoms with Gasteiger partial charge >= 0.3 is 5.97 Å². The fourth-order valence-corrected chi connectivity index (χ4v) is 2.16. The van der Waals surface area contributed by atoms with Crippen LogP contribution in [0.25, 0.3) is 0 Å². The van der Waals surface area contributed by atoms with E-state index in [1.807, 2.05) is 0 Å². The fourth-order valence-electron chi connectivity index (χ4n) is 2.16. The van der Waals surface area contributed by atoms with Crippen molar-refractivity contribution in [1.29, 1.82) is 0 Å². The first kappa shape index (κ1) is 21.1. The Hall–Kier alpha value is -2.94. The van der Waals surface area contributed by atoms with Crippen LogP contribution in [0.5, 0.6) is 0 Å². The van der Waals surface area contributed by atoms with E-state index in [0.29, 0.717) is 13.1 Å². The van der Waals surface area contributed by atoms with Crippen molar-refractivity contribution < 1.29 is 24.4 Å². The number of benzene rings is 1. The molecule has 0 aliphatic carbocycles. The summed E-state index contributed by atoms with van der Waals surface area (Å²) >= 11 is 0. The predicted octanol–water partition coefficient (Wildman–Crippen LogP) is 1.58. The molecule has 0 aliphatic heterocycles. The van der Waals surface area contributed by atoms with Gasteiger partial charge in [-0.1, -0.05) is 12.2 Å². The van der Waals surface area contributed by atoms with Gasteiger partial charge in [-0.2, -0.15) is 0 Å². The number of anilines is 1. The number of amides is 1. The number of nitro groups is 1. The van der Waals surface area contributed by atoms with Crippen molar-refractivity contribution >= 4 is 23.3 Å². The number of aliphatic hydroxyl groups is 1. The molecule has 9 nitrogen and oxygen atoms in total.